The quantitative estimate of drug-likeness (QED) is 0.348. The maximum atomic E-state index is 10.2. The van der Waals surface area contributed by atoms with Crippen molar-refractivity contribution in [2.45, 2.75) is 25.4 Å². The zero-order chi connectivity index (χ0) is 21.7. The molecule has 5 heteroatoms. The first kappa shape index (κ1) is 19.1. The Labute approximate surface area is 186 Å². The van der Waals surface area contributed by atoms with Gasteiger partial charge < -0.3 is 20.0 Å². The molecular formula is C27H26N4O. The number of anilines is 1. The average molecular weight is 423 g/mol. The number of piperidine rings is 1. The fourth-order valence-corrected chi connectivity index (χ4v) is 4.73. The van der Waals surface area contributed by atoms with Crippen LogP contribution in [0.3, 0.4) is 0 Å². The number of H-pyrrole nitrogens is 2. The van der Waals surface area contributed by atoms with E-state index in [0.717, 1.165) is 59.2 Å². The number of aliphatic hydroxyl groups is 1. The molecule has 4 heterocycles. The molecule has 1 aliphatic heterocycles. The van der Waals surface area contributed by atoms with Gasteiger partial charge in [-0.2, -0.15) is 0 Å². The summed E-state index contributed by atoms with van der Waals surface area (Å²) in [6, 6.07) is 19.5. The molecule has 0 saturated carbocycles. The highest BCUT2D eigenvalue weighted by atomic mass is 16.3. The van der Waals surface area contributed by atoms with Gasteiger partial charge in [0.1, 0.15) is 5.65 Å². The maximum Gasteiger partial charge on any atom is 0.137 e. The third kappa shape index (κ3) is 3.35. The Hall–Kier alpha value is -3.57. The fraction of sp³-hybridized carbons (Fsp3) is 0.222. The molecule has 2 aromatic carbocycles. The van der Waals surface area contributed by atoms with Gasteiger partial charge in [-0.1, -0.05) is 18.2 Å². The summed E-state index contributed by atoms with van der Waals surface area (Å²) >= 11 is 0. The predicted molar refractivity (Wildman–Crippen MR) is 131 cm³/mol. The second-order valence-corrected chi connectivity index (χ2v) is 9.13. The molecule has 3 N–H and O–H groups in total. The normalized spacial score (nSPS) is 16.1. The topological polar surface area (TPSA) is 67.9 Å². The number of rotatable bonds is 3. The van der Waals surface area contributed by atoms with Crippen molar-refractivity contribution in [3.8, 4) is 22.3 Å². The Morgan fingerprint density at radius 1 is 0.906 bits per heavy atom. The van der Waals surface area contributed by atoms with Gasteiger partial charge in [0.2, 0.25) is 0 Å². The molecule has 1 aliphatic rings. The van der Waals surface area contributed by atoms with Crippen molar-refractivity contribution in [1.29, 1.82) is 0 Å². The van der Waals surface area contributed by atoms with Crippen LogP contribution in [0.1, 0.15) is 19.8 Å². The molecule has 0 bridgehead atoms. The Morgan fingerprint density at radius 2 is 1.69 bits per heavy atom. The molecule has 5 aromatic rings. The largest absolute Gasteiger partial charge is 0.390 e. The van der Waals surface area contributed by atoms with Gasteiger partial charge in [-0.25, -0.2) is 4.98 Å². The number of hydrogen-bond acceptors (Lipinski definition) is 3. The molecule has 1 fully saturated rings. The number of benzene rings is 2. The Bertz CT molecular complexity index is 1400. The molecule has 0 spiro atoms. The summed E-state index contributed by atoms with van der Waals surface area (Å²) in [5, 5.41) is 12.5. The van der Waals surface area contributed by atoms with Gasteiger partial charge in [0.05, 0.1) is 5.60 Å². The van der Waals surface area contributed by atoms with E-state index >= 15 is 0 Å². The highest BCUT2D eigenvalue weighted by Crippen LogP contribution is 2.33. The number of hydrogen-bond donors (Lipinski definition) is 3. The average Bonchev–Trinajstić information content (AvgIpc) is 3.45. The number of nitrogens with one attached hydrogen (secondary N) is 2. The van der Waals surface area contributed by atoms with Crippen molar-refractivity contribution in [2.24, 2.45) is 0 Å². The molecule has 0 unspecified atom stereocenters. The monoisotopic (exact) mass is 422 g/mol. The van der Waals surface area contributed by atoms with Crippen molar-refractivity contribution in [1.82, 2.24) is 15.0 Å². The summed E-state index contributed by atoms with van der Waals surface area (Å²) in [6.07, 6.45) is 7.56. The van der Waals surface area contributed by atoms with E-state index in [-0.39, 0.29) is 0 Å². The summed E-state index contributed by atoms with van der Waals surface area (Å²) < 4.78 is 0. The van der Waals surface area contributed by atoms with Crippen molar-refractivity contribution in [3.63, 3.8) is 0 Å². The highest BCUT2D eigenvalue weighted by molar-refractivity contribution is 5.98. The van der Waals surface area contributed by atoms with Crippen LogP contribution in [0.15, 0.2) is 73.2 Å². The molecule has 0 aliphatic carbocycles. The molecular weight excluding hydrogens is 396 g/mol. The van der Waals surface area contributed by atoms with E-state index in [9.17, 15) is 5.11 Å². The van der Waals surface area contributed by atoms with Crippen LogP contribution in [0, 0.1) is 0 Å². The minimum absolute atomic E-state index is 0.530. The Kier molecular flexibility index (Phi) is 4.33. The number of nitrogens with zero attached hydrogens (tertiary/aromatic N) is 2. The van der Waals surface area contributed by atoms with E-state index in [2.05, 4.69) is 74.4 Å². The zero-order valence-electron chi connectivity index (χ0n) is 18.1. The van der Waals surface area contributed by atoms with Gasteiger partial charge in [0, 0.05) is 59.4 Å². The lowest BCUT2D eigenvalue weighted by Crippen LogP contribution is -2.42. The zero-order valence-corrected chi connectivity index (χ0v) is 18.1. The smallest absolute Gasteiger partial charge is 0.137 e. The molecule has 1 saturated heterocycles. The first-order chi connectivity index (χ1) is 15.6. The molecule has 32 heavy (non-hydrogen) atoms. The number of fused-ring (bicyclic) bond motifs is 2. The van der Waals surface area contributed by atoms with Gasteiger partial charge in [0.25, 0.3) is 0 Å². The molecule has 0 atom stereocenters. The van der Waals surface area contributed by atoms with Crippen molar-refractivity contribution in [3.05, 3.63) is 73.2 Å². The van der Waals surface area contributed by atoms with Crippen LogP contribution >= 0.6 is 0 Å². The van der Waals surface area contributed by atoms with Crippen LogP contribution in [-0.4, -0.2) is 38.7 Å². The Balaban J connectivity index is 1.32. The minimum Gasteiger partial charge on any atom is -0.390 e. The van der Waals surface area contributed by atoms with Crippen LogP contribution in [0.2, 0.25) is 0 Å². The third-order valence-corrected chi connectivity index (χ3v) is 6.80. The molecule has 3 aromatic heterocycles. The summed E-state index contributed by atoms with van der Waals surface area (Å²) in [6.45, 7) is 3.71. The van der Waals surface area contributed by atoms with Crippen LogP contribution in [0.5, 0.6) is 0 Å². The lowest BCUT2D eigenvalue weighted by atomic mass is 9.93. The predicted octanol–water partition coefficient (Wildman–Crippen LogP) is 5.73. The Morgan fingerprint density at radius 3 is 2.50 bits per heavy atom. The summed E-state index contributed by atoms with van der Waals surface area (Å²) in [7, 11) is 0. The van der Waals surface area contributed by atoms with Crippen LogP contribution in [0.4, 0.5) is 5.69 Å². The van der Waals surface area contributed by atoms with Crippen LogP contribution in [0.25, 0.3) is 44.2 Å². The van der Waals surface area contributed by atoms with Crippen molar-refractivity contribution < 1.29 is 5.11 Å². The SMILES string of the molecule is CC1(O)CCN(c2ccc(-c3cnc4[nH]cc(-c5ccc6[nH]ccc6c5)c4c3)cc2)CC1. The number of aromatic amines is 2. The highest BCUT2D eigenvalue weighted by Gasteiger charge is 2.27. The molecule has 160 valence electrons. The first-order valence-electron chi connectivity index (χ1n) is 11.2. The van der Waals surface area contributed by atoms with Gasteiger partial charge in [-0.05, 0) is 72.7 Å². The minimum atomic E-state index is -0.530. The lowest BCUT2D eigenvalue weighted by Gasteiger charge is -2.37. The lowest BCUT2D eigenvalue weighted by molar-refractivity contribution is 0.0351. The molecule has 0 amide bonds. The van der Waals surface area contributed by atoms with Gasteiger partial charge in [0.15, 0.2) is 0 Å². The fourth-order valence-electron chi connectivity index (χ4n) is 4.73. The third-order valence-electron chi connectivity index (χ3n) is 6.80. The summed E-state index contributed by atoms with van der Waals surface area (Å²) in [5.41, 5.74) is 7.32. The number of pyridine rings is 1. The van der Waals surface area contributed by atoms with E-state index in [4.69, 9.17) is 0 Å². The molecule has 5 nitrogen and oxygen atoms in total. The van der Waals surface area contributed by atoms with Crippen LogP contribution < -0.4 is 4.90 Å². The van der Waals surface area contributed by atoms with Gasteiger partial charge >= 0.3 is 0 Å². The van der Waals surface area contributed by atoms with Crippen molar-refractivity contribution >= 4 is 27.6 Å². The second kappa shape index (κ2) is 7.24. The van der Waals surface area contributed by atoms with Gasteiger partial charge in [-0.15, -0.1) is 0 Å². The van der Waals surface area contributed by atoms with E-state index in [1.54, 1.807) is 0 Å². The second-order valence-electron chi connectivity index (χ2n) is 9.13. The van der Waals surface area contributed by atoms with Crippen LogP contribution in [-0.2, 0) is 0 Å². The summed E-state index contributed by atoms with van der Waals surface area (Å²) in [5.74, 6) is 0. The van der Waals surface area contributed by atoms with Crippen molar-refractivity contribution in [2.75, 3.05) is 18.0 Å². The number of aromatic nitrogens is 3. The maximum absolute atomic E-state index is 10.2. The van der Waals surface area contributed by atoms with E-state index in [1.807, 2.05) is 25.5 Å². The van der Waals surface area contributed by atoms with Gasteiger partial charge in [-0.3, -0.25) is 0 Å². The molecule has 6 rings (SSSR count). The standard InChI is InChI=1S/C27H26N4O/c1-27(32)9-12-31(13-10-27)22-5-2-18(3-6-22)21-15-23-24(17-30-26(23)29-16-21)19-4-7-25-20(14-19)8-11-28-25/h2-8,11,14-17,28,32H,9-10,12-13H2,1H3,(H,29,30). The van der Waals surface area contributed by atoms with E-state index in [0.29, 0.717) is 0 Å². The summed E-state index contributed by atoms with van der Waals surface area (Å²) in [4.78, 5) is 13.6. The molecule has 0 radical (unpaired) electrons. The van der Waals surface area contributed by atoms with E-state index < -0.39 is 5.60 Å². The first-order valence-corrected chi connectivity index (χ1v) is 11.2. The van der Waals surface area contributed by atoms with E-state index in [1.165, 1.54) is 16.6 Å².